The van der Waals surface area contributed by atoms with Crippen LogP contribution in [0.3, 0.4) is 0 Å². The fourth-order valence-electron chi connectivity index (χ4n) is 1.80. The molecule has 0 bridgehead atoms. The third-order valence-corrected chi connectivity index (χ3v) is 3.19. The third kappa shape index (κ3) is 4.66. The van der Waals surface area contributed by atoms with E-state index in [0.29, 0.717) is 11.5 Å². The molecule has 1 atom stereocenters. The minimum atomic E-state index is -0.306. The van der Waals surface area contributed by atoms with Crippen LogP contribution in [0.15, 0.2) is 34.9 Å². The SMILES string of the molecule is CC[C@H](C)NC(=O)COCc1cc(-c2ccc(F)cc2)on1. The summed E-state index contributed by atoms with van der Waals surface area (Å²) < 4.78 is 23.3. The number of hydrogen-bond donors (Lipinski definition) is 1. The predicted molar refractivity (Wildman–Crippen MR) is 79.4 cm³/mol. The molecule has 0 aliphatic carbocycles. The number of hydrogen-bond acceptors (Lipinski definition) is 4. The molecule has 22 heavy (non-hydrogen) atoms. The minimum absolute atomic E-state index is 0.0247. The van der Waals surface area contributed by atoms with Gasteiger partial charge in [0.05, 0.1) is 6.61 Å². The first-order valence-electron chi connectivity index (χ1n) is 7.17. The highest BCUT2D eigenvalue weighted by molar-refractivity contribution is 5.77. The molecule has 0 radical (unpaired) electrons. The van der Waals surface area contributed by atoms with Gasteiger partial charge in [-0.05, 0) is 37.6 Å². The molecular weight excluding hydrogens is 287 g/mol. The van der Waals surface area contributed by atoms with Crippen molar-refractivity contribution in [2.24, 2.45) is 0 Å². The van der Waals surface area contributed by atoms with E-state index in [0.717, 1.165) is 12.0 Å². The number of rotatable bonds is 7. The van der Waals surface area contributed by atoms with Crippen molar-refractivity contribution in [1.82, 2.24) is 10.5 Å². The summed E-state index contributed by atoms with van der Waals surface area (Å²) in [4.78, 5) is 11.5. The lowest BCUT2D eigenvalue weighted by atomic mass is 10.1. The van der Waals surface area contributed by atoms with Crippen LogP contribution in [0.2, 0.25) is 0 Å². The fraction of sp³-hybridized carbons (Fsp3) is 0.375. The number of nitrogens with one attached hydrogen (secondary N) is 1. The second-order valence-electron chi connectivity index (χ2n) is 5.06. The van der Waals surface area contributed by atoms with Crippen molar-refractivity contribution in [3.8, 4) is 11.3 Å². The number of carbonyl (C=O) groups is 1. The van der Waals surface area contributed by atoms with Crippen LogP contribution in [0, 0.1) is 5.82 Å². The van der Waals surface area contributed by atoms with Gasteiger partial charge in [0, 0.05) is 17.7 Å². The van der Waals surface area contributed by atoms with Gasteiger partial charge in [-0.2, -0.15) is 0 Å². The number of benzene rings is 1. The van der Waals surface area contributed by atoms with Gasteiger partial charge in [0.2, 0.25) is 5.91 Å². The Bertz CT molecular complexity index is 610. The smallest absolute Gasteiger partial charge is 0.246 e. The first kappa shape index (κ1) is 16.2. The van der Waals surface area contributed by atoms with Crippen LogP contribution in [0.25, 0.3) is 11.3 Å². The number of ether oxygens (including phenoxy) is 1. The van der Waals surface area contributed by atoms with Gasteiger partial charge in [-0.1, -0.05) is 12.1 Å². The summed E-state index contributed by atoms with van der Waals surface area (Å²) in [6.07, 6.45) is 0.871. The summed E-state index contributed by atoms with van der Waals surface area (Å²) >= 11 is 0. The molecule has 6 heteroatoms. The van der Waals surface area contributed by atoms with E-state index in [1.807, 2.05) is 13.8 Å². The van der Waals surface area contributed by atoms with Crippen LogP contribution < -0.4 is 5.32 Å². The van der Waals surface area contributed by atoms with E-state index in [9.17, 15) is 9.18 Å². The highest BCUT2D eigenvalue weighted by atomic mass is 19.1. The third-order valence-electron chi connectivity index (χ3n) is 3.19. The highest BCUT2D eigenvalue weighted by Crippen LogP contribution is 2.20. The van der Waals surface area contributed by atoms with Crippen molar-refractivity contribution in [3.63, 3.8) is 0 Å². The molecule has 0 aliphatic rings. The molecule has 0 spiro atoms. The van der Waals surface area contributed by atoms with Gasteiger partial charge >= 0.3 is 0 Å². The number of amides is 1. The molecule has 0 fully saturated rings. The van der Waals surface area contributed by atoms with Crippen LogP contribution in [0.5, 0.6) is 0 Å². The molecule has 1 aromatic heterocycles. The van der Waals surface area contributed by atoms with Crippen LogP contribution in [0.1, 0.15) is 26.0 Å². The number of carbonyl (C=O) groups excluding carboxylic acids is 1. The van der Waals surface area contributed by atoms with E-state index in [1.54, 1.807) is 18.2 Å². The van der Waals surface area contributed by atoms with Crippen LogP contribution in [0.4, 0.5) is 4.39 Å². The largest absolute Gasteiger partial charge is 0.365 e. The molecule has 1 N–H and O–H groups in total. The normalized spacial score (nSPS) is 12.1. The lowest BCUT2D eigenvalue weighted by Crippen LogP contribution is -2.34. The van der Waals surface area contributed by atoms with Crippen LogP contribution in [-0.2, 0) is 16.1 Å². The van der Waals surface area contributed by atoms with E-state index >= 15 is 0 Å². The van der Waals surface area contributed by atoms with Gasteiger partial charge in [0.1, 0.15) is 18.1 Å². The summed E-state index contributed by atoms with van der Waals surface area (Å²) in [7, 11) is 0. The van der Waals surface area contributed by atoms with Crippen molar-refractivity contribution in [1.29, 1.82) is 0 Å². The molecule has 1 aromatic carbocycles. The van der Waals surface area contributed by atoms with Gasteiger partial charge in [0.25, 0.3) is 0 Å². The van der Waals surface area contributed by atoms with Crippen molar-refractivity contribution in [2.75, 3.05) is 6.61 Å². The second-order valence-corrected chi connectivity index (χ2v) is 5.06. The first-order valence-corrected chi connectivity index (χ1v) is 7.17. The molecule has 0 saturated carbocycles. The average Bonchev–Trinajstić information content (AvgIpc) is 2.96. The fourth-order valence-corrected chi connectivity index (χ4v) is 1.80. The Hall–Kier alpha value is -2.21. The topological polar surface area (TPSA) is 64.4 Å². The lowest BCUT2D eigenvalue weighted by Gasteiger charge is -2.10. The van der Waals surface area contributed by atoms with Crippen molar-refractivity contribution in [3.05, 3.63) is 41.8 Å². The van der Waals surface area contributed by atoms with E-state index < -0.39 is 0 Å². The Morgan fingerprint density at radius 1 is 1.41 bits per heavy atom. The van der Waals surface area contributed by atoms with Gasteiger partial charge < -0.3 is 14.6 Å². The van der Waals surface area contributed by atoms with Crippen molar-refractivity contribution >= 4 is 5.91 Å². The molecule has 0 aliphatic heterocycles. The molecule has 1 heterocycles. The lowest BCUT2D eigenvalue weighted by molar-refractivity contribution is -0.126. The van der Waals surface area contributed by atoms with Crippen LogP contribution >= 0.6 is 0 Å². The predicted octanol–water partition coefficient (Wildman–Crippen LogP) is 2.91. The zero-order chi connectivity index (χ0) is 15.9. The molecule has 0 saturated heterocycles. The van der Waals surface area contributed by atoms with Gasteiger partial charge in [-0.3, -0.25) is 4.79 Å². The zero-order valence-electron chi connectivity index (χ0n) is 12.6. The highest BCUT2D eigenvalue weighted by Gasteiger charge is 2.09. The van der Waals surface area contributed by atoms with E-state index in [4.69, 9.17) is 9.26 Å². The Morgan fingerprint density at radius 3 is 2.82 bits per heavy atom. The molecule has 2 rings (SSSR count). The molecule has 0 unspecified atom stereocenters. The van der Waals surface area contributed by atoms with E-state index in [-0.39, 0.29) is 31.0 Å². The van der Waals surface area contributed by atoms with E-state index in [1.165, 1.54) is 12.1 Å². The molecule has 1 amide bonds. The number of halogens is 1. The number of nitrogens with zero attached hydrogens (tertiary/aromatic N) is 1. The summed E-state index contributed by atoms with van der Waals surface area (Å²) in [5, 5.41) is 6.67. The summed E-state index contributed by atoms with van der Waals surface area (Å²) in [6, 6.07) is 7.77. The maximum Gasteiger partial charge on any atom is 0.246 e. The molecule has 5 nitrogen and oxygen atoms in total. The molecule has 2 aromatic rings. The molecule has 118 valence electrons. The average molecular weight is 306 g/mol. The Morgan fingerprint density at radius 2 is 2.14 bits per heavy atom. The van der Waals surface area contributed by atoms with Gasteiger partial charge in [-0.15, -0.1) is 0 Å². The maximum absolute atomic E-state index is 12.9. The first-order chi connectivity index (χ1) is 10.6. The number of aromatic nitrogens is 1. The van der Waals surface area contributed by atoms with Gasteiger partial charge in [-0.25, -0.2) is 4.39 Å². The quantitative estimate of drug-likeness (QED) is 0.854. The summed E-state index contributed by atoms with van der Waals surface area (Å²) in [5.74, 6) is 0.0680. The summed E-state index contributed by atoms with van der Waals surface area (Å²) in [5.41, 5.74) is 1.31. The van der Waals surface area contributed by atoms with Gasteiger partial charge in [0.15, 0.2) is 5.76 Å². The van der Waals surface area contributed by atoms with E-state index in [2.05, 4.69) is 10.5 Å². The van der Waals surface area contributed by atoms with Crippen LogP contribution in [-0.4, -0.2) is 23.7 Å². The minimum Gasteiger partial charge on any atom is -0.365 e. The van der Waals surface area contributed by atoms with Crippen molar-refractivity contribution < 1.29 is 18.4 Å². The summed E-state index contributed by atoms with van der Waals surface area (Å²) in [6.45, 7) is 4.09. The standard InChI is InChI=1S/C16H19FN2O3/c1-3-11(2)18-16(20)10-21-9-14-8-15(22-19-14)12-4-6-13(17)7-5-12/h4-8,11H,3,9-10H2,1-2H3,(H,18,20)/t11-/m0/s1. The Labute approximate surface area is 128 Å². The Kier molecular flexibility index (Phi) is 5.66. The monoisotopic (exact) mass is 306 g/mol. The second kappa shape index (κ2) is 7.70. The maximum atomic E-state index is 12.9. The molecular formula is C16H19FN2O3. The zero-order valence-corrected chi connectivity index (χ0v) is 12.6. The Balaban J connectivity index is 1.82. The van der Waals surface area contributed by atoms with Crippen molar-refractivity contribution in [2.45, 2.75) is 32.9 Å².